The fourth-order valence-electron chi connectivity index (χ4n) is 3.04. The number of aromatic nitrogens is 1. The lowest BCUT2D eigenvalue weighted by Crippen LogP contribution is -2.12. The summed E-state index contributed by atoms with van der Waals surface area (Å²) in [4.78, 5) is 29.8. The van der Waals surface area contributed by atoms with Crippen LogP contribution in [0.3, 0.4) is 0 Å². The Morgan fingerprint density at radius 1 is 1.07 bits per heavy atom. The van der Waals surface area contributed by atoms with Crippen LogP contribution in [0.15, 0.2) is 52.9 Å². The number of hydrogen-bond acceptors (Lipinski definition) is 6. The van der Waals surface area contributed by atoms with Crippen LogP contribution in [0.4, 0.5) is 5.88 Å². The number of thiazole rings is 1. The van der Waals surface area contributed by atoms with Crippen molar-refractivity contribution in [3.63, 3.8) is 0 Å². The molecule has 2 aromatic heterocycles. The molecule has 146 valence electrons. The summed E-state index contributed by atoms with van der Waals surface area (Å²) in [6.45, 7) is 3.61. The standard InChI is InChI=1S/C22H18N2O4S/c1-12-8-10-14(11-9-12)19(25)24-20-18(17(13(2)28-20)22(26)27-3)21-23-15-6-4-5-7-16(15)29-21/h4-11H,1-3H3,(H,24,25). The third-order valence-corrected chi connectivity index (χ3v) is 5.58. The number of carbonyl (C=O) groups excluding carboxylic acids is 2. The Kier molecular flexibility index (Phi) is 4.90. The first kappa shape index (κ1) is 18.9. The molecule has 4 rings (SSSR count). The third kappa shape index (κ3) is 3.52. The molecule has 0 atom stereocenters. The summed E-state index contributed by atoms with van der Waals surface area (Å²) in [6, 6.07) is 14.8. The summed E-state index contributed by atoms with van der Waals surface area (Å²) in [5.41, 5.74) is 3.03. The van der Waals surface area contributed by atoms with E-state index in [9.17, 15) is 9.59 Å². The maximum absolute atomic E-state index is 12.7. The molecule has 2 heterocycles. The monoisotopic (exact) mass is 406 g/mol. The molecule has 0 aliphatic heterocycles. The maximum atomic E-state index is 12.7. The van der Waals surface area contributed by atoms with E-state index in [1.54, 1.807) is 19.1 Å². The molecule has 0 bridgehead atoms. The van der Waals surface area contributed by atoms with Crippen molar-refractivity contribution < 1.29 is 18.7 Å². The number of hydrogen-bond donors (Lipinski definition) is 1. The number of amides is 1. The highest BCUT2D eigenvalue weighted by atomic mass is 32.1. The van der Waals surface area contributed by atoms with Gasteiger partial charge in [-0.2, -0.15) is 0 Å². The van der Waals surface area contributed by atoms with Crippen molar-refractivity contribution in [3.05, 3.63) is 71.0 Å². The summed E-state index contributed by atoms with van der Waals surface area (Å²) in [7, 11) is 1.31. The van der Waals surface area contributed by atoms with Gasteiger partial charge in [0, 0.05) is 5.56 Å². The van der Waals surface area contributed by atoms with Gasteiger partial charge in [-0.3, -0.25) is 10.1 Å². The van der Waals surface area contributed by atoms with Gasteiger partial charge in [-0.15, -0.1) is 11.3 Å². The van der Waals surface area contributed by atoms with Crippen LogP contribution in [0.5, 0.6) is 0 Å². The zero-order valence-electron chi connectivity index (χ0n) is 16.1. The quantitative estimate of drug-likeness (QED) is 0.470. The van der Waals surface area contributed by atoms with Crippen LogP contribution in [0.2, 0.25) is 0 Å². The Labute approximate surface area is 171 Å². The van der Waals surface area contributed by atoms with Gasteiger partial charge in [-0.1, -0.05) is 29.8 Å². The fourth-order valence-corrected chi connectivity index (χ4v) is 4.06. The Balaban J connectivity index is 1.82. The molecule has 29 heavy (non-hydrogen) atoms. The molecule has 0 fully saturated rings. The molecule has 6 nitrogen and oxygen atoms in total. The Hall–Kier alpha value is -3.45. The van der Waals surface area contributed by atoms with Crippen LogP contribution in [-0.2, 0) is 4.74 Å². The average molecular weight is 406 g/mol. The predicted molar refractivity (Wildman–Crippen MR) is 113 cm³/mol. The van der Waals surface area contributed by atoms with Gasteiger partial charge in [-0.25, -0.2) is 9.78 Å². The number of furan rings is 1. The van der Waals surface area contributed by atoms with Crippen molar-refractivity contribution in [2.24, 2.45) is 0 Å². The normalized spacial score (nSPS) is 10.9. The molecule has 0 saturated carbocycles. The summed E-state index contributed by atoms with van der Waals surface area (Å²) in [5.74, 6) is -0.355. The summed E-state index contributed by atoms with van der Waals surface area (Å²) >= 11 is 1.41. The topological polar surface area (TPSA) is 81.4 Å². The number of methoxy groups -OCH3 is 1. The number of nitrogens with zero attached hydrogens (tertiary/aromatic N) is 1. The molecule has 0 unspecified atom stereocenters. The number of para-hydroxylation sites is 1. The molecule has 2 aromatic carbocycles. The second-order valence-electron chi connectivity index (χ2n) is 6.54. The van der Waals surface area contributed by atoms with E-state index in [0.29, 0.717) is 21.9 Å². The molecule has 4 aromatic rings. The third-order valence-electron chi connectivity index (χ3n) is 4.52. The lowest BCUT2D eigenvalue weighted by Gasteiger charge is -2.05. The first-order chi connectivity index (χ1) is 14.0. The molecule has 0 saturated heterocycles. The molecule has 0 spiro atoms. The van der Waals surface area contributed by atoms with Crippen LogP contribution < -0.4 is 5.32 Å². The van der Waals surface area contributed by atoms with Gasteiger partial charge in [0.1, 0.15) is 16.3 Å². The largest absolute Gasteiger partial charge is 0.465 e. The lowest BCUT2D eigenvalue weighted by atomic mass is 10.1. The zero-order valence-corrected chi connectivity index (χ0v) is 16.9. The highest BCUT2D eigenvalue weighted by Crippen LogP contribution is 2.40. The van der Waals surface area contributed by atoms with Gasteiger partial charge >= 0.3 is 5.97 Å². The number of anilines is 1. The van der Waals surface area contributed by atoms with Crippen LogP contribution in [0.25, 0.3) is 20.8 Å². The zero-order chi connectivity index (χ0) is 20.5. The molecular weight excluding hydrogens is 388 g/mol. The number of fused-ring (bicyclic) bond motifs is 1. The second kappa shape index (κ2) is 7.52. The molecule has 0 radical (unpaired) electrons. The van der Waals surface area contributed by atoms with E-state index in [2.05, 4.69) is 10.3 Å². The van der Waals surface area contributed by atoms with Crippen molar-refractivity contribution in [1.29, 1.82) is 0 Å². The number of ether oxygens (including phenoxy) is 1. The molecule has 1 amide bonds. The van der Waals surface area contributed by atoms with Gasteiger partial charge in [0.25, 0.3) is 5.91 Å². The van der Waals surface area contributed by atoms with Crippen molar-refractivity contribution in [3.8, 4) is 10.6 Å². The highest BCUT2D eigenvalue weighted by molar-refractivity contribution is 7.21. The number of nitrogens with one attached hydrogen (secondary N) is 1. The number of aryl methyl sites for hydroxylation is 2. The van der Waals surface area contributed by atoms with E-state index in [4.69, 9.17) is 9.15 Å². The van der Waals surface area contributed by atoms with Crippen molar-refractivity contribution in [2.45, 2.75) is 13.8 Å². The Bertz CT molecular complexity index is 1190. The van der Waals surface area contributed by atoms with E-state index < -0.39 is 5.97 Å². The minimum atomic E-state index is -0.545. The molecule has 0 aliphatic rings. The maximum Gasteiger partial charge on any atom is 0.342 e. The minimum Gasteiger partial charge on any atom is -0.465 e. The fraction of sp³-hybridized carbons (Fsp3) is 0.136. The molecular formula is C22H18N2O4S. The average Bonchev–Trinajstić information content (AvgIpc) is 3.28. The van der Waals surface area contributed by atoms with Crippen molar-refractivity contribution >= 4 is 39.3 Å². The van der Waals surface area contributed by atoms with E-state index in [-0.39, 0.29) is 17.4 Å². The van der Waals surface area contributed by atoms with E-state index in [1.165, 1.54) is 18.4 Å². The first-order valence-electron chi connectivity index (χ1n) is 8.93. The first-order valence-corrected chi connectivity index (χ1v) is 9.75. The number of esters is 1. The number of carbonyl (C=O) groups is 2. The van der Waals surface area contributed by atoms with Gasteiger partial charge in [0.2, 0.25) is 5.88 Å². The summed E-state index contributed by atoms with van der Waals surface area (Å²) < 4.78 is 11.7. The van der Waals surface area contributed by atoms with Gasteiger partial charge in [0.15, 0.2) is 0 Å². The van der Waals surface area contributed by atoms with E-state index in [0.717, 1.165) is 15.8 Å². The van der Waals surface area contributed by atoms with E-state index in [1.807, 2.05) is 43.3 Å². The second-order valence-corrected chi connectivity index (χ2v) is 7.57. The highest BCUT2D eigenvalue weighted by Gasteiger charge is 2.28. The van der Waals surface area contributed by atoms with Crippen LogP contribution in [0.1, 0.15) is 32.0 Å². The van der Waals surface area contributed by atoms with Gasteiger partial charge in [0.05, 0.1) is 22.9 Å². The summed E-state index contributed by atoms with van der Waals surface area (Å²) in [6.07, 6.45) is 0. The SMILES string of the molecule is COC(=O)c1c(C)oc(NC(=O)c2ccc(C)cc2)c1-c1nc2ccccc2s1. The molecule has 1 N–H and O–H groups in total. The Morgan fingerprint density at radius 3 is 2.48 bits per heavy atom. The van der Waals surface area contributed by atoms with Crippen molar-refractivity contribution in [1.82, 2.24) is 4.98 Å². The van der Waals surface area contributed by atoms with Crippen LogP contribution in [-0.4, -0.2) is 24.0 Å². The Morgan fingerprint density at radius 2 is 1.79 bits per heavy atom. The smallest absolute Gasteiger partial charge is 0.342 e. The minimum absolute atomic E-state index is 0.174. The number of benzene rings is 2. The van der Waals surface area contributed by atoms with Crippen LogP contribution in [0, 0.1) is 13.8 Å². The van der Waals surface area contributed by atoms with Gasteiger partial charge in [-0.05, 0) is 38.1 Å². The van der Waals surface area contributed by atoms with Crippen LogP contribution >= 0.6 is 11.3 Å². The summed E-state index contributed by atoms with van der Waals surface area (Å²) in [5, 5.41) is 3.35. The molecule has 7 heteroatoms. The predicted octanol–water partition coefficient (Wildman–Crippen LogP) is 5.21. The molecule has 0 aliphatic carbocycles. The number of rotatable bonds is 4. The van der Waals surface area contributed by atoms with Gasteiger partial charge < -0.3 is 9.15 Å². The van der Waals surface area contributed by atoms with E-state index >= 15 is 0 Å². The van der Waals surface area contributed by atoms with Crippen molar-refractivity contribution in [2.75, 3.05) is 12.4 Å². The lowest BCUT2D eigenvalue weighted by molar-refractivity contribution is 0.0599.